The Morgan fingerprint density at radius 2 is 2.05 bits per heavy atom. The van der Waals surface area contributed by atoms with E-state index in [1.807, 2.05) is 19.3 Å². The van der Waals surface area contributed by atoms with Gasteiger partial charge in [-0.1, -0.05) is 0 Å². The van der Waals surface area contributed by atoms with Crippen molar-refractivity contribution in [3.05, 3.63) is 51.3 Å². The van der Waals surface area contributed by atoms with Crippen LogP contribution in [0.3, 0.4) is 0 Å². The van der Waals surface area contributed by atoms with Crippen LogP contribution in [-0.2, 0) is 0 Å². The summed E-state index contributed by atoms with van der Waals surface area (Å²) in [5, 5.41) is 14.7. The Hall–Kier alpha value is -3.16. The second kappa shape index (κ2) is 6.08. The molecule has 2 aromatic rings. The van der Waals surface area contributed by atoms with Crippen LogP contribution in [0.25, 0.3) is 11.3 Å². The molecule has 1 aromatic carbocycles. The number of aryl methyl sites for hydroxylation is 2. The number of amides is 2. The summed E-state index contributed by atoms with van der Waals surface area (Å²) in [7, 11) is 0. The summed E-state index contributed by atoms with van der Waals surface area (Å²) >= 11 is 0. The molecule has 0 bridgehead atoms. The highest BCUT2D eigenvalue weighted by Gasteiger charge is 2.19. The minimum absolute atomic E-state index is 0.0313. The zero-order valence-corrected chi connectivity index (χ0v) is 12.0. The summed E-state index contributed by atoms with van der Waals surface area (Å²) in [4.78, 5) is 21.2. The van der Waals surface area contributed by atoms with Gasteiger partial charge >= 0.3 is 6.03 Å². The van der Waals surface area contributed by atoms with E-state index in [9.17, 15) is 14.9 Å². The fraction of sp³-hybridized carbons (Fsp3) is 0.143. The number of hydrazone groups is 1. The molecule has 0 aliphatic rings. The van der Waals surface area contributed by atoms with E-state index in [-0.39, 0.29) is 5.69 Å². The lowest BCUT2D eigenvalue weighted by atomic mass is 10.0. The first-order valence-electron chi connectivity index (χ1n) is 6.33. The fourth-order valence-electron chi connectivity index (χ4n) is 1.88. The van der Waals surface area contributed by atoms with E-state index < -0.39 is 11.0 Å². The number of nitro groups is 1. The van der Waals surface area contributed by atoms with Crippen molar-refractivity contribution in [1.82, 2.24) is 5.43 Å². The van der Waals surface area contributed by atoms with E-state index in [1.165, 1.54) is 12.3 Å². The lowest BCUT2D eigenvalue weighted by molar-refractivity contribution is -0.384. The summed E-state index contributed by atoms with van der Waals surface area (Å²) in [5.41, 5.74) is 9.00. The number of urea groups is 1. The standard InChI is InChI=1S/C14H14N4O4/c1-8-5-11(12(18(20)21)6-9(8)2)13-4-3-10(22-13)7-16-17-14(15)19/h3-7H,1-2H3,(H3,15,17,19)/b16-7+. The highest BCUT2D eigenvalue weighted by molar-refractivity contribution is 5.80. The maximum absolute atomic E-state index is 11.2. The third kappa shape index (κ3) is 3.29. The Morgan fingerprint density at radius 1 is 1.36 bits per heavy atom. The molecule has 0 aliphatic heterocycles. The molecule has 0 saturated heterocycles. The predicted octanol–water partition coefficient (Wildman–Crippen LogP) is 2.47. The van der Waals surface area contributed by atoms with E-state index in [4.69, 9.17) is 10.2 Å². The van der Waals surface area contributed by atoms with Gasteiger partial charge in [-0.2, -0.15) is 5.10 Å². The zero-order valence-electron chi connectivity index (χ0n) is 12.0. The highest BCUT2D eigenvalue weighted by Crippen LogP contribution is 2.33. The molecule has 3 N–H and O–H groups in total. The number of furan rings is 1. The van der Waals surface area contributed by atoms with E-state index in [1.54, 1.807) is 18.2 Å². The number of nitro benzene ring substituents is 1. The average Bonchev–Trinajstić information content (AvgIpc) is 2.89. The molecule has 8 heteroatoms. The van der Waals surface area contributed by atoms with Gasteiger partial charge in [-0.05, 0) is 43.2 Å². The Morgan fingerprint density at radius 3 is 2.68 bits per heavy atom. The fourth-order valence-corrected chi connectivity index (χ4v) is 1.88. The van der Waals surface area contributed by atoms with E-state index in [0.717, 1.165) is 11.1 Å². The van der Waals surface area contributed by atoms with Gasteiger partial charge < -0.3 is 10.2 Å². The highest BCUT2D eigenvalue weighted by atomic mass is 16.6. The van der Waals surface area contributed by atoms with Crippen molar-refractivity contribution in [3.63, 3.8) is 0 Å². The molecule has 0 aliphatic carbocycles. The quantitative estimate of drug-likeness (QED) is 0.511. The topological polar surface area (TPSA) is 124 Å². The van der Waals surface area contributed by atoms with Crippen molar-refractivity contribution in [2.75, 3.05) is 0 Å². The first kappa shape index (κ1) is 15.2. The Labute approximate surface area is 125 Å². The maximum Gasteiger partial charge on any atom is 0.332 e. The molecule has 0 saturated carbocycles. The molecule has 0 fully saturated rings. The number of hydrogen-bond acceptors (Lipinski definition) is 5. The average molecular weight is 302 g/mol. The van der Waals surface area contributed by atoms with E-state index in [2.05, 4.69) is 5.10 Å². The molecular formula is C14H14N4O4. The van der Waals surface area contributed by atoms with Gasteiger partial charge in [0.05, 0.1) is 16.7 Å². The Bertz CT molecular complexity index is 764. The van der Waals surface area contributed by atoms with Crippen LogP contribution in [-0.4, -0.2) is 17.2 Å². The third-order valence-corrected chi connectivity index (χ3v) is 3.07. The van der Waals surface area contributed by atoms with Crippen LogP contribution in [0.4, 0.5) is 10.5 Å². The summed E-state index contributed by atoms with van der Waals surface area (Å²) < 4.78 is 5.49. The molecule has 22 heavy (non-hydrogen) atoms. The van der Waals surface area contributed by atoms with Crippen LogP contribution in [0.2, 0.25) is 0 Å². The molecule has 0 atom stereocenters. The van der Waals surface area contributed by atoms with E-state index in [0.29, 0.717) is 17.1 Å². The van der Waals surface area contributed by atoms with Crippen LogP contribution in [0, 0.1) is 24.0 Å². The van der Waals surface area contributed by atoms with Crippen molar-refractivity contribution in [1.29, 1.82) is 0 Å². The van der Waals surface area contributed by atoms with Crippen LogP contribution < -0.4 is 11.2 Å². The van der Waals surface area contributed by atoms with Crippen molar-refractivity contribution >= 4 is 17.9 Å². The maximum atomic E-state index is 11.2. The van der Waals surface area contributed by atoms with Gasteiger partial charge in [-0.3, -0.25) is 10.1 Å². The van der Waals surface area contributed by atoms with Gasteiger partial charge in [0.1, 0.15) is 11.5 Å². The summed E-state index contributed by atoms with van der Waals surface area (Å²) in [6.45, 7) is 3.67. The largest absolute Gasteiger partial charge is 0.455 e. The normalized spacial score (nSPS) is 10.8. The van der Waals surface area contributed by atoms with Crippen molar-refractivity contribution < 1.29 is 14.1 Å². The van der Waals surface area contributed by atoms with Crippen LogP contribution in [0.5, 0.6) is 0 Å². The van der Waals surface area contributed by atoms with Gasteiger partial charge in [0.2, 0.25) is 0 Å². The molecule has 2 rings (SSSR count). The summed E-state index contributed by atoms with van der Waals surface area (Å²) in [5.74, 6) is 0.673. The third-order valence-electron chi connectivity index (χ3n) is 3.07. The molecule has 1 aromatic heterocycles. The van der Waals surface area contributed by atoms with Gasteiger partial charge in [0, 0.05) is 6.07 Å². The second-order valence-electron chi connectivity index (χ2n) is 4.65. The van der Waals surface area contributed by atoms with Crippen LogP contribution in [0.1, 0.15) is 16.9 Å². The molecule has 0 spiro atoms. The molecule has 0 unspecified atom stereocenters. The minimum Gasteiger partial charge on any atom is -0.455 e. The Kier molecular flexibility index (Phi) is 4.21. The number of nitrogens with two attached hydrogens (primary N) is 1. The zero-order chi connectivity index (χ0) is 16.3. The number of hydrogen-bond donors (Lipinski definition) is 2. The van der Waals surface area contributed by atoms with Gasteiger partial charge in [-0.25, -0.2) is 10.2 Å². The molecule has 2 amide bonds. The number of nitrogens with one attached hydrogen (secondary N) is 1. The number of benzene rings is 1. The van der Waals surface area contributed by atoms with Crippen LogP contribution in [0.15, 0.2) is 33.8 Å². The summed E-state index contributed by atoms with van der Waals surface area (Å²) in [6, 6.07) is 5.60. The van der Waals surface area contributed by atoms with Gasteiger partial charge in [-0.15, -0.1) is 0 Å². The molecular weight excluding hydrogens is 288 g/mol. The minimum atomic E-state index is -0.798. The molecule has 0 radical (unpaired) electrons. The van der Waals surface area contributed by atoms with Crippen LogP contribution >= 0.6 is 0 Å². The second-order valence-corrected chi connectivity index (χ2v) is 4.65. The number of carbonyl (C=O) groups excluding carboxylic acids is 1. The number of nitrogens with zero attached hydrogens (tertiary/aromatic N) is 2. The number of rotatable bonds is 4. The SMILES string of the molecule is Cc1cc(-c2ccc(/C=N/NC(N)=O)o2)c([N+](=O)[O-])cc1C. The van der Waals surface area contributed by atoms with Crippen molar-refractivity contribution in [2.45, 2.75) is 13.8 Å². The predicted molar refractivity (Wildman–Crippen MR) is 80.6 cm³/mol. The van der Waals surface area contributed by atoms with Crippen molar-refractivity contribution in [3.8, 4) is 11.3 Å². The smallest absolute Gasteiger partial charge is 0.332 e. The Balaban J connectivity index is 2.38. The number of primary amides is 1. The van der Waals surface area contributed by atoms with Gasteiger partial charge in [0.25, 0.3) is 5.69 Å². The van der Waals surface area contributed by atoms with Crippen molar-refractivity contribution in [2.24, 2.45) is 10.8 Å². The van der Waals surface area contributed by atoms with E-state index >= 15 is 0 Å². The molecule has 1 heterocycles. The first-order valence-corrected chi connectivity index (χ1v) is 6.33. The monoisotopic (exact) mass is 302 g/mol. The molecule has 8 nitrogen and oxygen atoms in total. The first-order chi connectivity index (χ1) is 10.4. The summed E-state index contributed by atoms with van der Waals surface area (Å²) in [6.07, 6.45) is 1.25. The molecule has 114 valence electrons. The van der Waals surface area contributed by atoms with Gasteiger partial charge in [0.15, 0.2) is 0 Å². The lowest BCUT2D eigenvalue weighted by Crippen LogP contribution is -2.24. The number of carbonyl (C=O) groups is 1. The lowest BCUT2D eigenvalue weighted by Gasteiger charge is -2.04.